The number of hydrogen-bond acceptors (Lipinski definition) is 3. The molecule has 0 unspecified atom stereocenters. The molecule has 0 radical (unpaired) electrons. The molecule has 0 aliphatic heterocycles. The molecule has 0 spiro atoms. The molecule has 6 N–H and O–H groups in total. The number of aliphatic imine (C=N–C) groups is 1. The minimum Gasteiger partial charge on any atom is -0.480 e. The Kier molecular flexibility index (Phi) is 22.7. The lowest BCUT2D eigenvalue weighted by Gasteiger charge is -2.14. The molecule has 8 heteroatoms. The average molecular weight is 449 g/mol. The molecule has 178 valence electrons. The number of rotatable bonds is 17. The third kappa shape index (κ3) is 24.5. The van der Waals surface area contributed by atoms with E-state index in [0.29, 0.717) is 31.7 Å². The van der Waals surface area contributed by atoms with Crippen molar-refractivity contribution < 1.29 is 14.7 Å². The normalized spacial score (nSPS) is 11.4. The zero-order valence-electron chi connectivity index (χ0n) is 19.3. The van der Waals surface area contributed by atoms with Crippen molar-refractivity contribution in [1.29, 1.82) is 0 Å². The van der Waals surface area contributed by atoms with Gasteiger partial charge in [-0.15, -0.1) is 11.6 Å². The molecule has 0 bridgehead atoms. The first kappa shape index (κ1) is 30.7. The first-order chi connectivity index (χ1) is 14.2. The molecule has 1 atom stereocenters. The van der Waals surface area contributed by atoms with Crippen LogP contribution in [0.25, 0.3) is 0 Å². The van der Waals surface area contributed by atoms with Crippen molar-refractivity contribution in [1.82, 2.24) is 5.32 Å². The molecule has 1 amide bonds. The van der Waals surface area contributed by atoms with Crippen LogP contribution in [0.4, 0.5) is 0 Å². The Labute approximate surface area is 188 Å². The number of nitrogens with two attached hydrogens (primary N) is 2. The smallest absolute Gasteiger partial charge is 0.326 e. The van der Waals surface area contributed by atoms with Gasteiger partial charge in [-0.25, -0.2) is 4.79 Å². The van der Waals surface area contributed by atoms with Gasteiger partial charge < -0.3 is 21.9 Å². The predicted molar refractivity (Wildman–Crippen MR) is 127 cm³/mol. The summed E-state index contributed by atoms with van der Waals surface area (Å²) < 4.78 is 0. The maximum absolute atomic E-state index is 11.9. The molecule has 0 aromatic heterocycles. The predicted octanol–water partition coefficient (Wildman–Crippen LogP) is 4.41. The number of nitrogens with one attached hydrogen (secondary N) is 1. The number of amides is 1. The van der Waals surface area contributed by atoms with Crippen molar-refractivity contribution in [2.24, 2.45) is 22.4 Å². The van der Waals surface area contributed by atoms with E-state index in [9.17, 15) is 9.59 Å². The van der Waals surface area contributed by atoms with Crippen molar-refractivity contribution in [2.75, 3.05) is 12.4 Å². The largest absolute Gasteiger partial charge is 0.480 e. The van der Waals surface area contributed by atoms with Crippen molar-refractivity contribution in [3.8, 4) is 0 Å². The van der Waals surface area contributed by atoms with Gasteiger partial charge in [0.05, 0.1) is 0 Å². The van der Waals surface area contributed by atoms with Gasteiger partial charge in [0.1, 0.15) is 6.04 Å². The zero-order chi connectivity index (χ0) is 23.2. The zero-order valence-corrected chi connectivity index (χ0v) is 20.1. The first-order valence-corrected chi connectivity index (χ1v) is 11.9. The molecule has 0 fully saturated rings. The van der Waals surface area contributed by atoms with Gasteiger partial charge in [-0.05, 0) is 25.2 Å². The summed E-state index contributed by atoms with van der Waals surface area (Å²) in [5.41, 5.74) is 10.4. The fraction of sp³-hybridized carbons (Fsp3) is 0.864. The number of halogens is 1. The minimum atomic E-state index is -1.02. The van der Waals surface area contributed by atoms with E-state index >= 15 is 0 Å². The SMILES string of the molecule is CC(C)CCl.CCCCCCCCCCCC(=O)N[C@@H](CCCN=C(N)N)C(=O)O. The number of carbonyl (C=O) groups is 2. The molecule has 0 rings (SSSR count). The number of hydrogen-bond donors (Lipinski definition) is 4. The highest BCUT2D eigenvalue weighted by Crippen LogP contribution is 2.10. The van der Waals surface area contributed by atoms with Gasteiger partial charge in [0.15, 0.2) is 5.96 Å². The van der Waals surface area contributed by atoms with E-state index in [1.165, 1.54) is 38.5 Å². The number of nitrogens with zero attached hydrogens (tertiary/aromatic N) is 1. The molecule has 0 aliphatic carbocycles. The maximum atomic E-state index is 11.9. The molecule has 0 aromatic rings. The molecule has 0 aromatic carbocycles. The molecule has 0 heterocycles. The van der Waals surface area contributed by atoms with Gasteiger partial charge in [-0.1, -0.05) is 72.1 Å². The van der Waals surface area contributed by atoms with Crippen LogP contribution in [0, 0.1) is 5.92 Å². The summed E-state index contributed by atoms with van der Waals surface area (Å²) in [7, 11) is 0. The summed E-state index contributed by atoms with van der Waals surface area (Å²) in [6, 6.07) is -0.875. The fourth-order valence-corrected chi connectivity index (χ4v) is 2.62. The second kappa shape index (κ2) is 22.2. The Hall–Kier alpha value is -1.50. The number of carboxylic acid groups (broad SMARTS) is 1. The van der Waals surface area contributed by atoms with E-state index in [1.807, 2.05) is 0 Å². The van der Waals surface area contributed by atoms with Crippen molar-refractivity contribution in [2.45, 2.75) is 104 Å². The van der Waals surface area contributed by atoms with Gasteiger partial charge in [0, 0.05) is 18.8 Å². The molecule has 0 saturated heterocycles. The van der Waals surface area contributed by atoms with Gasteiger partial charge in [0.2, 0.25) is 5.91 Å². The Balaban J connectivity index is 0. The molecule has 30 heavy (non-hydrogen) atoms. The number of carbonyl (C=O) groups excluding carboxylic acids is 1. The number of alkyl halides is 1. The van der Waals surface area contributed by atoms with Crippen LogP contribution < -0.4 is 16.8 Å². The minimum absolute atomic E-state index is 0.0127. The number of guanidine groups is 1. The highest BCUT2D eigenvalue weighted by atomic mass is 35.5. The van der Waals surface area contributed by atoms with E-state index in [-0.39, 0.29) is 11.9 Å². The van der Waals surface area contributed by atoms with Crippen LogP contribution in [0.5, 0.6) is 0 Å². The van der Waals surface area contributed by atoms with E-state index in [4.69, 9.17) is 28.2 Å². The van der Waals surface area contributed by atoms with Crippen LogP contribution in [0.1, 0.15) is 97.8 Å². The quantitative estimate of drug-likeness (QED) is 0.113. The Bertz CT molecular complexity index is 456. The summed E-state index contributed by atoms with van der Waals surface area (Å²) in [5.74, 6) is 0.195. The summed E-state index contributed by atoms with van der Waals surface area (Å²) in [6.07, 6.45) is 11.9. The number of carboxylic acids is 1. The number of aliphatic carboxylic acids is 1. The van der Waals surface area contributed by atoms with Crippen LogP contribution >= 0.6 is 11.6 Å². The average Bonchev–Trinajstić information content (AvgIpc) is 2.69. The third-order valence-corrected chi connectivity index (χ3v) is 5.01. The fourth-order valence-electron chi connectivity index (χ4n) is 2.62. The molecule has 0 aliphatic rings. The molecular formula is C22H45ClN4O3. The second-order valence-corrected chi connectivity index (χ2v) is 8.34. The van der Waals surface area contributed by atoms with Crippen molar-refractivity contribution in [3.05, 3.63) is 0 Å². The lowest BCUT2D eigenvalue weighted by atomic mass is 10.1. The third-order valence-electron chi connectivity index (χ3n) is 4.39. The van der Waals surface area contributed by atoms with E-state index in [1.54, 1.807) is 0 Å². The monoisotopic (exact) mass is 448 g/mol. The topological polar surface area (TPSA) is 131 Å². The van der Waals surface area contributed by atoms with Crippen LogP contribution in [-0.2, 0) is 9.59 Å². The van der Waals surface area contributed by atoms with E-state index in [0.717, 1.165) is 25.1 Å². The van der Waals surface area contributed by atoms with E-state index in [2.05, 4.69) is 31.1 Å². The van der Waals surface area contributed by atoms with Crippen LogP contribution in [-0.4, -0.2) is 41.4 Å². The summed E-state index contributed by atoms with van der Waals surface area (Å²) in [4.78, 5) is 26.9. The summed E-state index contributed by atoms with van der Waals surface area (Å²) in [6.45, 7) is 6.75. The van der Waals surface area contributed by atoms with Gasteiger partial charge in [-0.3, -0.25) is 9.79 Å². The maximum Gasteiger partial charge on any atom is 0.326 e. The highest BCUT2D eigenvalue weighted by Gasteiger charge is 2.18. The summed E-state index contributed by atoms with van der Waals surface area (Å²) >= 11 is 5.34. The second-order valence-electron chi connectivity index (χ2n) is 8.03. The Morgan fingerprint density at radius 1 is 0.967 bits per heavy atom. The molecular weight excluding hydrogens is 404 g/mol. The van der Waals surface area contributed by atoms with Crippen LogP contribution in [0.15, 0.2) is 4.99 Å². The van der Waals surface area contributed by atoms with Crippen molar-refractivity contribution >= 4 is 29.4 Å². The lowest BCUT2D eigenvalue weighted by Crippen LogP contribution is -2.40. The van der Waals surface area contributed by atoms with E-state index < -0.39 is 12.0 Å². The lowest BCUT2D eigenvalue weighted by molar-refractivity contribution is -0.142. The van der Waals surface area contributed by atoms with Gasteiger partial charge in [-0.2, -0.15) is 0 Å². The first-order valence-electron chi connectivity index (χ1n) is 11.4. The Morgan fingerprint density at radius 2 is 1.47 bits per heavy atom. The Morgan fingerprint density at radius 3 is 1.90 bits per heavy atom. The summed E-state index contributed by atoms with van der Waals surface area (Å²) in [5, 5.41) is 11.7. The van der Waals surface area contributed by atoms with Gasteiger partial charge in [0.25, 0.3) is 0 Å². The molecule has 7 nitrogen and oxygen atoms in total. The van der Waals surface area contributed by atoms with Crippen LogP contribution in [0.3, 0.4) is 0 Å². The van der Waals surface area contributed by atoms with Gasteiger partial charge >= 0.3 is 5.97 Å². The molecule has 0 saturated carbocycles. The number of unbranched alkanes of at least 4 members (excludes halogenated alkanes) is 8. The van der Waals surface area contributed by atoms with Crippen LogP contribution in [0.2, 0.25) is 0 Å². The van der Waals surface area contributed by atoms with Crippen molar-refractivity contribution in [3.63, 3.8) is 0 Å². The standard InChI is InChI=1S/C18H36N4O3.C4H9Cl/c1-2-3-4-5-6-7-8-9-10-13-16(23)22-15(17(24)25)12-11-14-21-18(19)20;1-4(2)3-5/h15H,2-14H2,1H3,(H,22,23)(H,24,25)(H4,19,20,21);4H,3H2,1-2H3/t15-;/m0./s1. The highest BCUT2D eigenvalue weighted by molar-refractivity contribution is 6.18.